The summed E-state index contributed by atoms with van der Waals surface area (Å²) in [5.74, 6) is -1.43. The van der Waals surface area contributed by atoms with Crippen molar-refractivity contribution in [3.8, 4) is 22.7 Å². The molecule has 0 atom stereocenters. The molecule has 35 heavy (non-hydrogen) atoms. The van der Waals surface area contributed by atoms with E-state index in [1.807, 2.05) is 29.2 Å². The highest BCUT2D eigenvalue weighted by atomic mass is 19.4. The first-order valence-corrected chi connectivity index (χ1v) is 11.3. The second kappa shape index (κ2) is 7.94. The number of halogens is 3. The standard InChI is InChI=1S/C25H20F3N3O4/c26-25(27,28)19-21(30-34-22(19)14-4-2-1-3-5-14)23-18-9-15-8-13(6-7-17(15)20(18)29-35-23)10-31-11-16(12-31)24(32)33/h1-2,4,6-8,16H,3,5,9-12H2,(H,32,33). The Morgan fingerprint density at radius 3 is 2.63 bits per heavy atom. The van der Waals surface area contributed by atoms with Crippen LogP contribution in [0, 0.1) is 5.92 Å². The molecule has 7 nitrogen and oxygen atoms in total. The number of alkyl halides is 3. The lowest BCUT2D eigenvalue weighted by molar-refractivity contribution is -0.147. The van der Waals surface area contributed by atoms with Crippen molar-refractivity contribution in [2.75, 3.05) is 13.1 Å². The molecule has 6 rings (SSSR count). The Hall–Kier alpha value is -3.66. The molecule has 0 radical (unpaired) electrons. The lowest BCUT2D eigenvalue weighted by atomic mass is 9.97. The summed E-state index contributed by atoms with van der Waals surface area (Å²) in [6.45, 7) is 1.62. The summed E-state index contributed by atoms with van der Waals surface area (Å²) in [5.41, 5.74) is 2.93. The van der Waals surface area contributed by atoms with Crippen molar-refractivity contribution in [1.29, 1.82) is 0 Å². The van der Waals surface area contributed by atoms with Crippen LogP contribution in [0.1, 0.15) is 40.9 Å². The molecule has 10 heteroatoms. The van der Waals surface area contributed by atoms with Gasteiger partial charge in [-0.15, -0.1) is 0 Å². The Bertz CT molecular complexity index is 1390. The van der Waals surface area contributed by atoms with Gasteiger partial charge in [0.1, 0.15) is 11.3 Å². The number of carboxylic acid groups (broad SMARTS) is 1. The third kappa shape index (κ3) is 3.68. The lowest BCUT2D eigenvalue weighted by Gasteiger charge is -2.36. The summed E-state index contributed by atoms with van der Waals surface area (Å²) >= 11 is 0. The van der Waals surface area contributed by atoms with Crippen LogP contribution in [0.2, 0.25) is 0 Å². The van der Waals surface area contributed by atoms with Gasteiger partial charge in [0, 0.05) is 37.2 Å². The van der Waals surface area contributed by atoms with E-state index in [2.05, 4.69) is 10.3 Å². The maximum absolute atomic E-state index is 14.1. The van der Waals surface area contributed by atoms with Gasteiger partial charge in [-0.3, -0.25) is 9.69 Å². The third-order valence-corrected chi connectivity index (χ3v) is 6.79. The van der Waals surface area contributed by atoms with Gasteiger partial charge < -0.3 is 14.2 Å². The monoisotopic (exact) mass is 483 g/mol. The molecule has 1 saturated heterocycles. The number of rotatable bonds is 5. The molecule has 1 aromatic carbocycles. The van der Waals surface area contributed by atoms with Crippen LogP contribution in [0.4, 0.5) is 13.2 Å². The first-order valence-electron chi connectivity index (χ1n) is 11.3. The van der Waals surface area contributed by atoms with Gasteiger partial charge >= 0.3 is 12.1 Å². The molecule has 1 aliphatic heterocycles. The molecule has 0 saturated carbocycles. The number of aliphatic carboxylic acids is 1. The highest BCUT2D eigenvalue weighted by Gasteiger charge is 2.44. The fourth-order valence-corrected chi connectivity index (χ4v) is 5.02. The summed E-state index contributed by atoms with van der Waals surface area (Å²) in [6.07, 6.45) is 1.95. The Labute approximate surface area is 197 Å². The number of carbonyl (C=O) groups is 1. The van der Waals surface area contributed by atoms with Crippen molar-refractivity contribution in [2.24, 2.45) is 5.92 Å². The smallest absolute Gasteiger partial charge is 0.422 e. The first-order chi connectivity index (χ1) is 16.8. The summed E-state index contributed by atoms with van der Waals surface area (Å²) in [7, 11) is 0. The van der Waals surface area contributed by atoms with E-state index in [1.165, 1.54) is 0 Å². The van der Waals surface area contributed by atoms with E-state index in [-0.39, 0.29) is 23.1 Å². The second-order valence-electron chi connectivity index (χ2n) is 9.13. The number of allylic oxidation sites excluding steroid dienone is 4. The van der Waals surface area contributed by atoms with Crippen molar-refractivity contribution in [3.05, 3.63) is 64.4 Å². The zero-order chi connectivity index (χ0) is 24.3. The number of nitrogens with zero attached hydrogens (tertiary/aromatic N) is 3. The Balaban J connectivity index is 1.31. The van der Waals surface area contributed by atoms with Crippen molar-refractivity contribution in [3.63, 3.8) is 0 Å². The van der Waals surface area contributed by atoms with Gasteiger partial charge in [0.25, 0.3) is 0 Å². The Kier molecular flexibility index (Phi) is 4.96. The first kappa shape index (κ1) is 21.8. The maximum Gasteiger partial charge on any atom is 0.422 e. The molecular formula is C25H20F3N3O4. The molecule has 3 aromatic rings. The van der Waals surface area contributed by atoms with Crippen molar-refractivity contribution >= 4 is 11.5 Å². The molecule has 1 N–H and O–H groups in total. The summed E-state index contributed by atoms with van der Waals surface area (Å²) in [5, 5.41) is 16.9. The molecule has 0 unspecified atom stereocenters. The van der Waals surface area contributed by atoms with Crippen molar-refractivity contribution in [1.82, 2.24) is 15.2 Å². The molecule has 0 bridgehead atoms. The average molecular weight is 483 g/mol. The van der Waals surface area contributed by atoms with Gasteiger partial charge in [0.05, 0.1) is 5.92 Å². The van der Waals surface area contributed by atoms with Crippen LogP contribution in [-0.4, -0.2) is 39.4 Å². The summed E-state index contributed by atoms with van der Waals surface area (Å²) in [4.78, 5) is 13.1. The molecule has 3 aliphatic rings. The van der Waals surface area contributed by atoms with E-state index < -0.39 is 17.7 Å². The van der Waals surface area contributed by atoms with Gasteiger partial charge in [-0.1, -0.05) is 46.7 Å². The lowest BCUT2D eigenvalue weighted by Crippen LogP contribution is -2.49. The molecule has 0 amide bonds. The zero-order valence-corrected chi connectivity index (χ0v) is 18.4. The zero-order valence-electron chi connectivity index (χ0n) is 18.4. The van der Waals surface area contributed by atoms with Crippen LogP contribution >= 0.6 is 0 Å². The number of carboxylic acids is 1. The molecular weight excluding hydrogens is 463 g/mol. The molecule has 2 aliphatic carbocycles. The largest absolute Gasteiger partial charge is 0.481 e. The van der Waals surface area contributed by atoms with Crippen LogP contribution in [0.25, 0.3) is 28.3 Å². The van der Waals surface area contributed by atoms with Crippen LogP contribution in [0.3, 0.4) is 0 Å². The van der Waals surface area contributed by atoms with E-state index in [0.29, 0.717) is 55.7 Å². The number of fused-ring (bicyclic) bond motifs is 3. The second-order valence-corrected chi connectivity index (χ2v) is 9.13. The Morgan fingerprint density at radius 2 is 1.91 bits per heavy atom. The topological polar surface area (TPSA) is 92.6 Å². The fourth-order valence-electron chi connectivity index (χ4n) is 5.02. The minimum atomic E-state index is -4.68. The van der Waals surface area contributed by atoms with Crippen LogP contribution < -0.4 is 0 Å². The number of aromatic nitrogens is 2. The number of benzene rings is 1. The van der Waals surface area contributed by atoms with Gasteiger partial charge in [0.2, 0.25) is 0 Å². The minimum Gasteiger partial charge on any atom is -0.481 e. The van der Waals surface area contributed by atoms with E-state index in [1.54, 1.807) is 12.2 Å². The van der Waals surface area contributed by atoms with E-state index in [9.17, 15) is 18.0 Å². The molecule has 2 aromatic heterocycles. The van der Waals surface area contributed by atoms with E-state index in [4.69, 9.17) is 14.2 Å². The Morgan fingerprint density at radius 1 is 1.14 bits per heavy atom. The molecule has 180 valence electrons. The van der Waals surface area contributed by atoms with Crippen LogP contribution in [-0.2, 0) is 23.9 Å². The highest BCUT2D eigenvalue weighted by molar-refractivity contribution is 5.81. The SMILES string of the molecule is O=C(O)C1CN(Cc2ccc3c(c2)Cc2c-3noc2-c2noc(C3=CC=CCC3)c2C(F)(F)F)C1. The van der Waals surface area contributed by atoms with E-state index >= 15 is 0 Å². The van der Waals surface area contributed by atoms with Gasteiger partial charge in [-0.05, 0) is 29.5 Å². The quantitative estimate of drug-likeness (QED) is 0.419. The van der Waals surface area contributed by atoms with Gasteiger partial charge in [-0.25, -0.2) is 0 Å². The fraction of sp³-hybridized carbons (Fsp3) is 0.320. The average Bonchev–Trinajstić information content (AvgIpc) is 3.48. The minimum absolute atomic E-state index is 0.0286. The van der Waals surface area contributed by atoms with Crippen molar-refractivity contribution < 1.29 is 32.1 Å². The molecule has 3 heterocycles. The number of hydrogen-bond acceptors (Lipinski definition) is 6. The van der Waals surface area contributed by atoms with Crippen molar-refractivity contribution in [2.45, 2.75) is 32.0 Å². The highest BCUT2D eigenvalue weighted by Crippen LogP contribution is 2.47. The molecule has 0 spiro atoms. The predicted molar refractivity (Wildman–Crippen MR) is 118 cm³/mol. The van der Waals surface area contributed by atoms with Gasteiger partial charge in [0.15, 0.2) is 17.2 Å². The molecule has 1 fully saturated rings. The number of likely N-dealkylation sites (tertiary alicyclic amines) is 1. The van der Waals surface area contributed by atoms with Crippen LogP contribution in [0.5, 0.6) is 0 Å². The predicted octanol–water partition coefficient (Wildman–Crippen LogP) is 5.17. The summed E-state index contributed by atoms with van der Waals surface area (Å²) < 4.78 is 53.1. The third-order valence-electron chi connectivity index (χ3n) is 6.79. The summed E-state index contributed by atoms with van der Waals surface area (Å²) in [6, 6.07) is 5.80. The van der Waals surface area contributed by atoms with E-state index in [0.717, 1.165) is 16.7 Å². The van der Waals surface area contributed by atoms with Crippen LogP contribution in [0.15, 0.2) is 45.5 Å². The number of hydrogen-bond donors (Lipinski definition) is 1. The maximum atomic E-state index is 14.1. The normalized spacial score (nSPS) is 17.7. The van der Waals surface area contributed by atoms with Gasteiger partial charge in [-0.2, -0.15) is 13.2 Å².